The van der Waals surface area contributed by atoms with Crippen LogP contribution in [0.15, 0.2) is 24.3 Å². The van der Waals surface area contributed by atoms with Crippen molar-refractivity contribution in [2.75, 3.05) is 25.0 Å². The van der Waals surface area contributed by atoms with Crippen molar-refractivity contribution < 1.29 is 19.8 Å². The number of carboxylic acids is 2. The van der Waals surface area contributed by atoms with Gasteiger partial charge in [0.1, 0.15) is 0 Å². The first-order chi connectivity index (χ1) is 14.9. The number of aliphatic carboxylic acids is 2. The summed E-state index contributed by atoms with van der Waals surface area (Å²) in [7, 11) is 0. The highest BCUT2D eigenvalue weighted by molar-refractivity contribution is 5.92. The number of anilines is 1. The number of nitrogens with one attached hydrogen (secondary N) is 1. The SMILES string of the molecule is Cc1ccc(NC2CCN(CCC3(CCC(C(=O)O)C(=O)O)CCCCC3)CC2)cc1. The van der Waals surface area contributed by atoms with E-state index in [4.69, 9.17) is 0 Å². The molecule has 1 aliphatic heterocycles. The summed E-state index contributed by atoms with van der Waals surface area (Å²) < 4.78 is 0. The fourth-order valence-corrected chi connectivity index (χ4v) is 5.31. The van der Waals surface area contributed by atoms with Crippen LogP contribution in [0.25, 0.3) is 0 Å². The number of piperidine rings is 1. The van der Waals surface area contributed by atoms with Crippen molar-refractivity contribution in [3.05, 3.63) is 29.8 Å². The van der Waals surface area contributed by atoms with Gasteiger partial charge in [0.2, 0.25) is 0 Å². The molecule has 0 bridgehead atoms. The number of likely N-dealkylation sites (tertiary alicyclic amines) is 1. The number of carboxylic acid groups (broad SMARTS) is 2. The number of aryl methyl sites for hydroxylation is 1. The van der Waals surface area contributed by atoms with Crippen LogP contribution in [-0.4, -0.2) is 52.7 Å². The summed E-state index contributed by atoms with van der Waals surface area (Å²) in [6.07, 6.45) is 10.0. The quantitative estimate of drug-likeness (QED) is 0.463. The van der Waals surface area contributed by atoms with E-state index >= 15 is 0 Å². The Balaban J connectivity index is 1.47. The predicted octanol–water partition coefficient (Wildman–Crippen LogP) is 4.78. The molecule has 3 N–H and O–H groups in total. The molecule has 1 saturated carbocycles. The van der Waals surface area contributed by atoms with Crippen molar-refractivity contribution >= 4 is 17.6 Å². The van der Waals surface area contributed by atoms with Crippen LogP contribution < -0.4 is 5.32 Å². The fourth-order valence-electron chi connectivity index (χ4n) is 5.31. The lowest BCUT2D eigenvalue weighted by molar-refractivity contribution is -0.155. The second-order valence-corrected chi connectivity index (χ2v) is 9.70. The van der Waals surface area contributed by atoms with Crippen LogP contribution >= 0.6 is 0 Å². The lowest BCUT2D eigenvalue weighted by atomic mass is 9.68. The van der Waals surface area contributed by atoms with Gasteiger partial charge >= 0.3 is 11.9 Å². The summed E-state index contributed by atoms with van der Waals surface area (Å²) in [6.45, 7) is 5.28. The van der Waals surface area contributed by atoms with Crippen LogP contribution in [0.5, 0.6) is 0 Å². The standard InChI is InChI=1S/C25H38N2O4/c1-19-5-7-20(8-6-19)26-21-10-16-27(17-11-21)18-15-25(12-3-2-4-13-25)14-9-22(23(28)29)24(30)31/h5-8,21-22,26H,2-4,9-18H2,1H3,(H,28,29)(H,30,31). The van der Waals surface area contributed by atoms with Gasteiger partial charge in [-0.15, -0.1) is 0 Å². The molecular weight excluding hydrogens is 392 g/mol. The first-order valence-corrected chi connectivity index (χ1v) is 11.9. The Morgan fingerprint density at radius 1 is 1.03 bits per heavy atom. The first kappa shape index (κ1) is 23.6. The smallest absolute Gasteiger partial charge is 0.317 e. The molecule has 0 radical (unpaired) electrons. The fraction of sp³-hybridized carbons (Fsp3) is 0.680. The van der Waals surface area contributed by atoms with E-state index in [0.717, 1.165) is 51.7 Å². The number of carbonyl (C=O) groups is 2. The largest absolute Gasteiger partial charge is 0.481 e. The molecule has 1 aliphatic carbocycles. The van der Waals surface area contributed by atoms with E-state index in [0.29, 0.717) is 12.5 Å². The maximum absolute atomic E-state index is 11.3. The topological polar surface area (TPSA) is 89.9 Å². The number of rotatable bonds is 10. The van der Waals surface area contributed by atoms with Gasteiger partial charge < -0.3 is 20.4 Å². The molecule has 1 aromatic carbocycles. The molecule has 0 aromatic heterocycles. The Hall–Kier alpha value is -2.08. The van der Waals surface area contributed by atoms with Crippen LogP contribution in [0, 0.1) is 18.3 Å². The van der Waals surface area contributed by atoms with Crippen LogP contribution in [0.4, 0.5) is 5.69 Å². The highest BCUT2D eigenvalue weighted by Gasteiger charge is 2.36. The molecule has 0 spiro atoms. The second-order valence-electron chi connectivity index (χ2n) is 9.70. The summed E-state index contributed by atoms with van der Waals surface area (Å²) in [5.41, 5.74) is 2.57. The Labute approximate surface area is 186 Å². The molecule has 1 heterocycles. The molecule has 172 valence electrons. The molecule has 2 aliphatic rings. The molecule has 2 fully saturated rings. The summed E-state index contributed by atoms with van der Waals surface area (Å²) in [4.78, 5) is 25.2. The zero-order valence-electron chi connectivity index (χ0n) is 18.8. The average molecular weight is 431 g/mol. The number of hydrogen-bond acceptors (Lipinski definition) is 4. The molecule has 6 nitrogen and oxygen atoms in total. The van der Waals surface area contributed by atoms with Gasteiger partial charge in [-0.2, -0.15) is 0 Å². The van der Waals surface area contributed by atoms with E-state index in [9.17, 15) is 19.8 Å². The zero-order chi connectivity index (χ0) is 22.3. The summed E-state index contributed by atoms with van der Waals surface area (Å²) in [5.74, 6) is -3.69. The van der Waals surface area contributed by atoms with Crippen molar-refractivity contribution in [3.8, 4) is 0 Å². The molecule has 0 unspecified atom stereocenters. The van der Waals surface area contributed by atoms with Gasteiger partial charge in [-0.25, -0.2) is 0 Å². The molecule has 1 aromatic rings. The minimum absolute atomic E-state index is 0.110. The van der Waals surface area contributed by atoms with Gasteiger partial charge in [0.15, 0.2) is 5.92 Å². The Kier molecular flexibility index (Phi) is 8.35. The van der Waals surface area contributed by atoms with Crippen LogP contribution in [0.2, 0.25) is 0 Å². The third-order valence-corrected chi connectivity index (χ3v) is 7.44. The number of benzene rings is 1. The highest BCUT2D eigenvalue weighted by Crippen LogP contribution is 2.44. The zero-order valence-corrected chi connectivity index (χ0v) is 18.8. The Bertz CT molecular complexity index is 706. The molecule has 31 heavy (non-hydrogen) atoms. The van der Waals surface area contributed by atoms with E-state index in [1.807, 2.05) is 0 Å². The van der Waals surface area contributed by atoms with E-state index < -0.39 is 17.9 Å². The van der Waals surface area contributed by atoms with Gasteiger partial charge in [-0.3, -0.25) is 9.59 Å². The van der Waals surface area contributed by atoms with Gasteiger partial charge in [-0.1, -0.05) is 37.0 Å². The van der Waals surface area contributed by atoms with Crippen molar-refractivity contribution in [3.63, 3.8) is 0 Å². The molecule has 3 rings (SSSR count). The van der Waals surface area contributed by atoms with Gasteiger partial charge in [0.05, 0.1) is 0 Å². The maximum atomic E-state index is 11.3. The first-order valence-electron chi connectivity index (χ1n) is 11.9. The van der Waals surface area contributed by atoms with E-state index in [2.05, 4.69) is 41.4 Å². The average Bonchev–Trinajstić information content (AvgIpc) is 2.75. The highest BCUT2D eigenvalue weighted by atomic mass is 16.4. The van der Waals surface area contributed by atoms with E-state index in [1.54, 1.807) is 0 Å². The summed E-state index contributed by atoms with van der Waals surface area (Å²) >= 11 is 0. The summed E-state index contributed by atoms with van der Waals surface area (Å²) in [5, 5.41) is 22.1. The van der Waals surface area contributed by atoms with Crippen LogP contribution in [0.1, 0.15) is 69.8 Å². The lowest BCUT2D eigenvalue weighted by Gasteiger charge is -2.41. The molecular formula is C25H38N2O4. The maximum Gasteiger partial charge on any atom is 0.317 e. The minimum atomic E-state index is -1.28. The Morgan fingerprint density at radius 3 is 2.23 bits per heavy atom. The molecule has 0 amide bonds. The third-order valence-electron chi connectivity index (χ3n) is 7.44. The minimum Gasteiger partial charge on any atom is -0.481 e. The van der Waals surface area contributed by atoms with Gasteiger partial charge in [0.25, 0.3) is 0 Å². The summed E-state index contributed by atoms with van der Waals surface area (Å²) in [6, 6.07) is 9.08. The number of hydrogen-bond donors (Lipinski definition) is 3. The van der Waals surface area contributed by atoms with Gasteiger partial charge in [-0.05, 0) is 76.0 Å². The third kappa shape index (κ3) is 6.96. The van der Waals surface area contributed by atoms with Crippen molar-refractivity contribution in [2.24, 2.45) is 11.3 Å². The molecule has 6 heteroatoms. The van der Waals surface area contributed by atoms with Crippen LogP contribution in [0.3, 0.4) is 0 Å². The van der Waals surface area contributed by atoms with E-state index in [-0.39, 0.29) is 11.8 Å². The Morgan fingerprint density at radius 2 is 1.65 bits per heavy atom. The van der Waals surface area contributed by atoms with Gasteiger partial charge in [0, 0.05) is 24.8 Å². The van der Waals surface area contributed by atoms with Crippen molar-refractivity contribution in [1.82, 2.24) is 4.90 Å². The predicted molar refractivity (Wildman–Crippen MR) is 122 cm³/mol. The monoisotopic (exact) mass is 430 g/mol. The normalized spacial score (nSPS) is 19.9. The number of nitrogens with zero attached hydrogens (tertiary/aromatic N) is 1. The molecule has 0 atom stereocenters. The van der Waals surface area contributed by atoms with E-state index in [1.165, 1.54) is 30.5 Å². The second kappa shape index (κ2) is 11.0. The van der Waals surface area contributed by atoms with Crippen LogP contribution in [-0.2, 0) is 9.59 Å². The molecule has 1 saturated heterocycles. The van der Waals surface area contributed by atoms with Crippen molar-refractivity contribution in [2.45, 2.75) is 77.2 Å². The van der Waals surface area contributed by atoms with Crippen molar-refractivity contribution in [1.29, 1.82) is 0 Å². The lowest BCUT2D eigenvalue weighted by Crippen LogP contribution is -2.41.